The summed E-state index contributed by atoms with van der Waals surface area (Å²) in [5.74, 6) is 0.388. The predicted octanol–water partition coefficient (Wildman–Crippen LogP) is -0.235. The molecule has 0 aromatic rings. The molecule has 0 saturated heterocycles. The zero-order valence-corrected chi connectivity index (χ0v) is 11.1. The highest BCUT2D eigenvalue weighted by atomic mass is 32.2. The summed E-state index contributed by atoms with van der Waals surface area (Å²) in [6.45, 7) is 3.38. The van der Waals surface area contributed by atoms with Crippen LogP contribution in [-0.2, 0) is 14.6 Å². The van der Waals surface area contributed by atoms with E-state index in [1.807, 2.05) is 0 Å². The van der Waals surface area contributed by atoms with Gasteiger partial charge in [-0.25, -0.2) is 8.42 Å². The Hall–Kier alpha value is -0.170. The van der Waals surface area contributed by atoms with E-state index in [1.54, 1.807) is 14.0 Å². The number of ether oxygens (including phenoxy) is 1. The maximum atomic E-state index is 11.3. The Morgan fingerprint density at radius 1 is 1.44 bits per heavy atom. The Bertz CT molecular complexity index is 255. The lowest BCUT2D eigenvalue weighted by molar-refractivity contribution is 0.162. The molecular formula is C10H24N2O3S. The fraction of sp³-hybridized carbons (Fsp3) is 1.00. The fourth-order valence-electron chi connectivity index (χ4n) is 1.37. The molecule has 6 heteroatoms. The highest BCUT2D eigenvalue weighted by Crippen LogP contribution is 1.97. The lowest BCUT2D eigenvalue weighted by atomic mass is 10.1. The molecule has 0 heterocycles. The van der Waals surface area contributed by atoms with Crippen LogP contribution in [0.15, 0.2) is 0 Å². The van der Waals surface area contributed by atoms with E-state index in [9.17, 15) is 8.42 Å². The van der Waals surface area contributed by atoms with Crippen LogP contribution in [0.5, 0.6) is 0 Å². The molecular weight excluding hydrogens is 228 g/mol. The second-order valence-electron chi connectivity index (χ2n) is 3.77. The lowest BCUT2D eigenvalue weighted by Crippen LogP contribution is -2.37. The Morgan fingerprint density at radius 2 is 2.12 bits per heavy atom. The van der Waals surface area contributed by atoms with Crippen molar-refractivity contribution in [1.29, 1.82) is 0 Å². The summed E-state index contributed by atoms with van der Waals surface area (Å²) in [5.41, 5.74) is 5.43. The lowest BCUT2D eigenvalue weighted by Gasteiger charge is -2.17. The summed E-state index contributed by atoms with van der Waals surface area (Å²) in [6, 6.07) is 0.195. The van der Waals surface area contributed by atoms with E-state index in [1.165, 1.54) is 0 Å². The van der Waals surface area contributed by atoms with Gasteiger partial charge in [-0.2, -0.15) is 0 Å². The molecule has 0 rings (SSSR count). The van der Waals surface area contributed by atoms with Crippen molar-refractivity contribution >= 4 is 9.84 Å². The minimum absolute atomic E-state index is 0.187. The molecule has 1 unspecified atom stereocenters. The number of sulfone groups is 1. The van der Waals surface area contributed by atoms with Gasteiger partial charge in [0.05, 0.1) is 12.4 Å². The van der Waals surface area contributed by atoms with Crippen molar-refractivity contribution in [2.75, 3.05) is 38.3 Å². The number of nitrogens with two attached hydrogens (primary N) is 1. The molecule has 16 heavy (non-hydrogen) atoms. The van der Waals surface area contributed by atoms with E-state index >= 15 is 0 Å². The SMILES string of the molecule is CCS(=O)(=O)CCNC(CCCN)COC. The average molecular weight is 252 g/mol. The third-order valence-electron chi connectivity index (χ3n) is 2.41. The molecule has 0 aliphatic heterocycles. The van der Waals surface area contributed by atoms with Crippen LogP contribution in [0.1, 0.15) is 19.8 Å². The first-order valence-electron chi connectivity index (χ1n) is 5.68. The summed E-state index contributed by atoms with van der Waals surface area (Å²) in [5, 5.41) is 3.19. The van der Waals surface area contributed by atoms with E-state index in [0.717, 1.165) is 12.8 Å². The summed E-state index contributed by atoms with van der Waals surface area (Å²) < 4.78 is 27.6. The second-order valence-corrected chi connectivity index (χ2v) is 6.25. The number of nitrogens with one attached hydrogen (secondary N) is 1. The predicted molar refractivity (Wildman–Crippen MR) is 66.3 cm³/mol. The van der Waals surface area contributed by atoms with Gasteiger partial charge in [-0.15, -0.1) is 0 Å². The number of hydrogen-bond acceptors (Lipinski definition) is 5. The summed E-state index contributed by atoms with van der Waals surface area (Å²) in [7, 11) is -1.24. The van der Waals surface area contributed by atoms with Gasteiger partial charge in [0.2, 0.25) is 0 Å². The van der Waals surface area contributed by atoms with Crippen LogP contribution in [0.4, 0.5) is 0 Å². The molecule has 0 radical (unpaired) electrons. The standard InChI is InChI=1S/C10H24N2O3S/c1-3-16(13,14)8-7-12-10(9-15-2)5-4-6-11/h10,12H,3-9,11H2,1-2H3. The van der Waals surface area contributed by atoms with Gasteiger partial charge in [-0.1, -0.05) is 6.92 Å². The van der Waals surface area contributed by atoms with Gasteiger partial charge in [-0.3, -0.25) is 0 Å². The van der Waals surface area contributed by atoms with E-state index in [4.69, 9.17) is 10.5 Å². The second kappa shape index (κ2) is 8.92. The van der Waals surface area contributed by atoms with Gasteiger partial charge >= 0.3 is 0 Å². The Labute approximate surface area is 98.7 Å². The first-order chi connectivity index (χ1) is 7.55. The maximum Gasteiger partial charge on any atom is 0.151 e. The average Bonchev–Trinajstić information content (AvgIpc) is 2.25. The van der Waals surface area contributed by atoms with Gasteiger partial charge in [0.25, 0.3) is 0 Å². The first kappa shape index (κ1) is 15.8. The highest BCUT2D eigenvalue weighted by molar-refractivity contribution is 7.91. The fourth-order valence-corrected chi connectivity index (χ4v) is 2.09. The Balaban J connectivity index is 3.83. The molecule has 0 aromatic heterocycles. The monoisotopic (exact) mass is 252 g/mol. The van der Waals surface area contributed by atoms with Gasteiger partial charge < -0.3 is 15.8 Å². The van der Waals surface area contributed by atoms with Gasteiger partial charge in [0, 0.05) is 25.4 Å². The van der Waals surface area contributed by atoms with E-state index in [0.29, 0.717) is 19.7 Å². The maximum absolute atomic E-state index is 11.3. The van der Waals surface area contributed by atoms with Crippen LogP contribution in [0, 0.1) is 0 Å². The first-order valence-corrected chi connectivity index (χ1v) is 7.50. The molecule has 1 atom stereocenters. The molecule has 0 aliphatic carbocycles. The zero-order chi connectivity index (χ0) is 12.4. The molecule has 98 valence electrons. The number of methoxy groups -OCH3 is 1. The zero-order valence-electron chi connectivity index (χ0n) is 10.2. The van der Waals surface area contributed by atoms with Gasteiger partial charge in [0.15, 0.2) is 9.84 Å². The molecule has 0 aliphatic rings. The van der Waals surface area contributed by atoms with Crippen LogP contribution in [0.3, 0.4) is 0 Å². The Kier molecular flexibility index (Phi) is 8.83. The molecule has 3 N–H and O–H groups in total. The van der Waals surface area contributed by atoms with Crippen molar-refractivity contribution in [3.05, 3.63) is 0 Å². The smallest absolute Gasteiger partial charge is 0.151 e. The van der Waals surface area contributed by atoms with Crippen molar-refractivity contribution in [1.82, 2.24) is 5.32 Å². The third-order valence-corrected chi connectivity index (χ3v) is 4.12. The summed E-state index contributed by atoms with van der Waals surface area (Å²) >= 11 is 0. The molecule has 0 aromatic carbocycles. The summed E-state index contributed by atoms with van der Waals surface area (Å²) in [6.07, 6.45) is 1.83. The van der Waals surface area contributed by atoms with Crippen LogP contribution in [0.2, 0.25) is 0 Å². The van der Waals surface area contributed by atoms with Gasteiger partial charge in [0.1, 0.15) is 0 Å². The van der Waals surface area contributed by atoms with Crippen molar-refractivity contribution in [3.63, 3.8) is 0 Å². The number of hydrogen-bond donors (Lipinski definition) is 2. The van der Waals surface area contributed by atoms with Crippen LogP contribution in [-0.4, -0.2) is 52.8 Å². The van der Waals surface area contributed by atoms with Gasteiger partial charge in [-0.05, 0) is 19.4 Å². The van der Waals surface area contributed by atoms with Crippen molar-refractivity contribution in [2.24, 2.45) is 5.73 Å². The minimum atomic E-state index is -2.88. The van der Waals surface area contributed by atoms with Crippen molar-refractivity contribution in [2.45, 2.75) is 25.8 Å². The number of rotatable bonds is 10. The van der Waals surface area contributed by atoms with E-state index in [-0.39, 0.29) is 17.5 Å². The van der Waals surface area contributed by atoms with Crippen molar-refractivity contribution < 1.29 is 13.2 Å². The highest BCUT2D eigenvalue weighted by Gasteiger charge is 2.10. The van der Waals surface area contributed by atoms with Crippen LogP contribution < -0.4 is 11.1 Å². The third kappa shape index (κ3) is 8.04. The largest absolute Gasteiger partial charge is 0.383 e. The van der Waals surface area contributed by atoms with E-state index in [2.05, 4.69) is 5.32 Å². The molecule has 0 saturated carbocycles. The molecule has 0 spiro atoms. The molecule has 0 amide bonds. The molecule has 0 bridgehead atoms. The normalized spacial score (nSPS) is 13.9. The van der Waals surface area contributed by atoms with Crippen molar-refractivity contribution in [3.8, 4) is 0 Å². The quantitative estimate of drug-likeness (QED) is 0.561. The topological polar surface area (TPSA) is 81.4 Å². The summed E-state index contributed by atoms with van der Waals surface area (Å²) in [4.78, 5) is 0. The van der Waals surface area contributed by atoms with Crippen LogP contribution in [0.25, 0.3) is 0 Å². The molecule has 0 fully saturated rings. The minimum Gasteiger partial charge on any atom is -0.383 e. The Morgan fingerprint density at radius 3 is 2.62 bits per heavy atom. The van der Waals surface area contributed by atoms with Crippen LogP contribution >= 0.6 is 0 Å². The van der Waals surface area contributed by atoms with E-state index < -0.39 is 9.84 Å². The molecule has 5 nitrogen and oxygen atoms in total.